The van der Waals surface area contributed by atoms with Crippen molar-refractivity contribution >= 4 is 29.5 Å². The zero-order valence-electron chi connectivity index (χ0n) is 11.8. The molecule has 0 aliphatic carbocycles. The van der Waals surface area contributed by atoms with E-state index in [0.717, 1.165) is 0 Å². The summed E-state index contributed by atoms with van der Waals surface area (Å²) in [6.45, 7) is 7.90. The standard InChI is InChI=1S/C13H21NO4S/c1-8(2)19-10(4)5-6-12(16)18-14-11(15)7-9(3)13(14)17/h8-10H,5-7H2,1-4H3. The van der Waals surface area contributed by atoms with Crippen molar-refractivity contribution in [2.24, 2.45) is 5.92 Å². The van der Waals surface area contributed by atoms with Gasteiger partial charge in [0.05, 0.1) is 0 Å². The SMILES string of the molecule is CC(C)SC(C)CCC(=O)ON1C(=O)CC(C)C1=O. The van der Waals surface area contributed by atoms with Gasteiger partial charge in [-0.15, -0.1) is 5.06 Å². The Morgan fingerprint density at radius 2 is 2.05 bits per heavy atom. The first-order valence-electron chi connectivity index (χ1n) is 6.54. The molecule has 0 aromatic rings. The molecule has 1 aliphatic rings. The van der Waals surface area contributed by atoms with E-state index in [4.69, 9.17) is 4.84 Å². The van der Waals surface area contributed by atoms with Gasteiger partial charge >= 0.3 is 5.97 Å². The quantitative estimate of drug-likeness (QED) is 0.700. The molecular formula is C13H21NO4S. The van der Waals surface area contributed by atoms with Crippen molar-refractivity contribution in [3.05, 3.63) is 0 Å². The molecule has 2 atom stereocenters. The van der Waals surface area contributed by atoms with Gasteiger partial charge in [0.25, 0.3) is 11.8 Å². The fourth-order valence-electron chi connectivity index (χ4n) is 1.85. The number of hydrogen-bond donors (Lipinski definition) is 0. The molecule has 1 heterocycles. The van der Waals surface area contributed by atoms with Gasteiger partial charge in [0.1, 0.15) is 0 Å². The molecule has 108 valence electrons. The number of carbonyl (C=O) groups is 3. The Morgan fingerprint density at radius 1 is 1.42 bits per heavy atom. The minimum Gasteiger partial charge on any atom is -0.330 e. The Labute approximate surface area is 118 Å². The van der Waals surface area contributed by atoms with E-state index in [1.54, 1.807) is 18.7 Å². The predicted octanol–water partition coefficient (Wildman–Crippen LogP) is 2.15. The Kier molecular flexibility index (Phi) is 5.85. The molecule has 5 nitrogen and oxygen atoms in total. The summed E-state index contributed by atoms with van der Waals surface area (Å²) in [5.74, 6) is -1.78. The summed E-state index contributed by atoms with van der Waals surface area (Å²) in [5.41, 5.74) is 0. The first-order valence-corrected chi connectivity index (χ1v) is 7.48. The van der Waals surface area contributed by atoms with E-state index in [-0.39, 0.29) is 12.8 Å². The largest absolute Gasteiger partial charge is 0.333 e. The third kappa shape index (κ3) is 4.86. The van der Waals surface area contributed by atoms with Crippen LogP contribution in [0.4, 0.5) is 0 Å². The fraction of sp³-hybridized carbons (Fsp3) is 0.769. The van der Waals surface area contributed by atoms with Crippen LogP contribution in [0.1, 0.15) is 47.0 Å². The molecule has 19 heavy (non-hydrogen) atoms. The minimum atomic E-state index is -0.521. The summed E-state index contributed by atoms with van der Waals surface area (Å²) in [4.78, 5) is 39.5. The summed E-state index contributed by atoms with van der Waals surface area (Å²) in [5, 5.41) is 1.47. The second-order valence-corrected chi connectivity index (χ2v) is 7.15. The van der Waals surface area contributed by atoms with E-state index in [1.165, 1.54) is 0 Å². The van der Waals surface area contributed by atoms with E-state index in [0.29, 0.717) is 22.0 Å². The molecular weight excluding hydrogens is 266 g/mol. The number of nitrogens with zero attached hydrogens (tertiary/aromatic N) is 1. The van der Waals surface area contributed by atoms with Crippen LogP contribution in [-0.4, -0.2) is 33.3 Å². The third-order valence-corrected chi connectivity index (χ3v) is 4.03. The van der Waals surface area contributed by atoms with Crippen molar-refractivity contribution in [3.8, 4) is 0 Å². The first-order chi connectivity index (χ1) is 8.81. The van der Waals surface area contributed by atoms with Crippen molar-refractivity contribution < 1.29 is 19.2 Å². The van der Waals surface area contributed by atoms with E-state index >= 15 is 0 Å². The summed E-state index contributed by atoms with van der Waals surface area (Å²) in [6.07, 6.45) is 1.01. The molecule has 0 saturated carbocycles. The van der Waals surface area contributed by atoms with Crippen LogP contribution >= 0.6 is 11.8 Å². The highest BCUT2D eigenvalue weighted by Gasteiger charge is 2.38. The monoisotopic (exact) mass is 287 g/mol. The molecule has 0 aromatic heterocycles. The van der Waals surface area contributed by atoms with Crippen LogP contribution in [0.5, 0.6) is 0 Å². The van der Waals surface area contributed by atoms with Gasteiger partial charge in [-0.2, -0.15) is 11.8 Å². The average molecular weight is 287 g/mol. The predicted molar refractivity (Wildman–Crippen MR) is 73.1 cm³/mol. The summed E-state index contributed by atoms with van der Waals surface area (Å²) >= 11 is 1.79. The smallest absolute Gasteiger partial charge is 0.330 e. The number of thioether (sulfide) groups is 1. The zero-order chi connectivity index (χ0) is 14.6. The van der Waals surface area contributed by atoms with Gasteiger partial charge in [-0.25, -0.2) is 4.79 Å². The summed E-state index contributed by atoms with van der Waals surface area (Å²) in [6, 6.07) is 0. The van der Waals surface area contributed by atoms with Gasteiger partial charge in [0.2, 0.25) is 0 Å². The molecule has 1 rings (SSSR count). The highest BCUT2D eigenvalue weighted by Crippen LogP contribution is 2.22. The number of rotatable bonds is 6. The van der Waals surface area contributed by atoms with Gasteiger partial charge in [0.15, 0.2) is 0 Å². The molecule has 2 unspecified atom stereocenters. The maximum Gasteiger partial charge on any atom is 0.333 e. The first kappa shape index (κ1) is 16.0. The highest BCUT2D eigenvalue weighted by atomic mass is 32.2. The van der Waals surface area contributed by atoms with E-state index in [9.17, 15) is 14.4 Å². The van der Waals surface area contributed by atoms with Crippen LogP contribution in [0.15, 0.2) is 0 Å². The summed E-state index contributed by atoms with van der Waals surface area (Å²) < 4.78 is 0. The third-order valence-electron chi connectivity index (χ3n) is 2.78. The van der Waals surface area contributed by atoms with Crippen molar-refractivity contribution in [1.29, 1.82) is 0 Å². The highest BCUT2D eigenvalue weighted by molar-refractivity contribution is 8.00. The lowest BCUT2D eigenvalue weighted by molar-refractivity contribution is -0.198. The Balaban J connectivity index is 2.35. The number of carbonyl (C=O) groups excluding carboxylic acids is 3. The molecule has 0 aromatic carbocycles. The van der Waals surface area contributed by atoms with Gasteiger partial charge < -0.3 is 4.84 Å². The molecule has 6 heteroatoms. The number of hydroxylamine groups is 2. The topological polar surface area (TPSA) is 63.7 Å². The molecule has 0 spiro atoms. The fourth-order valence-corrected chi connectivity index (χ4v) is 3.04. The normalized spacial score (nSPS) is 21.1. The number of amides is 2. The van der Waals surface area contributed by atoms with E-state index in [2.05, 4.69) is 13.8 Å². The maximum absolute atomic E-state index is 11.6. The molecule has 0 bridgehead atoms. The lowest BCUT2D eigenvalue weighted by Crippen LogP contribution is -2.33. The van der Waals surface area contributed by atoms with Crippen LogP contribution < -0.4 is 0 Å². The Bertz CT molecular complexity index is 370. The number of imide groups is 1. The van der Waals surface area contributed by atoms with Crippen molar-refractivity contribution in [2.75, 3.05) is 0 Å². The molecule has 2 amide bonds. The minimum absolute atomic E-state index is 0.117. The van der Waals surface area contributed by atoms with Crippen LogP contribution in [0.3, 0.4) is 0 Å². The molecule has 1 aliphatic heterocycles. The van der Waals surface area contributed by atoms with Crippen molar-refractivity contribution in [3.63, 3.8) is 0 Å². The van der Waals surface area contributed by atoms with Crippen LogP contribution in [-0.2, 0) is 19.2 Å². The van der Waals surface area contributed by atoms with Crippen molar-refractivity contribution in [2.45, 2.75) is 57.5 Å². The van der Waals surface area contributed by atoms with Gasteiger partial charge in [-0.05, 0) is 11.7 Å². The molecule has 0 N–H and O–H groups in total. The summed E-state index contributed by atoms with van der Waals surface area (Å²) in [7, 11) is 0. The average Bonchev–Trinajstić information content (AvgIpc) is 2.52. The van der Waals surface area contributed by atoms with Gasteiger partial charge in [0, 0.05) is 24.0 Å². The molecule has 0 radical (unpaired) electrons. The lowest BCUT2D eigenvalue weighted by atomic mass is 10.1. The second kappa shape index (κ2) is 6.93. The second-order valence-electron chi connectivity index (χ2n) is 5.13. The van der Waals surface area contributed by atoms with Crippen LogP contribution in [0.2, 0.25) is 0 Å². The Hall–Kier alpha value is -1.04. The van der Waals surface area contributed by atoms with Gasteiger partial charge in [-0.3, -0.25) is 9.59 Å². The van der Waals surface area contributed by atoms with Crippen LogP contribution in [0, 0.1) is 5.92 Å². The van der Waals surface area contributed by atoms with Crippen molar-refractivity contribution in [1.82, 2.24) is 5.06 Å². The molecule has 1 fully saturated rings. The van der Waals surface area contributed by atoms with E-state index in [1.807, 2.05) is 6.92 Å². The number of hydrogen-bond acceptors (Lipinski definition) is 5. The zero-order valence-corrected chi connectivity index (χ0v) is 12.7. The maximum atomic E-state index is 11.6. The van der Waals surface area contributed by atoms with Gasteiger partial charge in [-0.1, -0.05) is 27.7 Å². The van der Waals surface area contributed by atoms with E-state index < -0.39 is 23.7 Å². The Morgan fingerprint density at radius 3 is 2.53 bits per heavy atom. The molecule has 1 saturated heterocycles. The lowest BCUT2D eigenvalue weighted by Gasteiger charge is -2.15. The van der Waals surface area contributed by atoms with Crippen LogP contribution in [0.25, 0.3) is 0 Å².